The number of halogens is 1. The maximum Gasteiger partial charge on any atom is 0.342 e. The normalized spacial score (nSPS) is 11.1. The van der Waals surface area contributed by atoms with E-state index in [2.05, 4.69) is 13.8 Å². The Morgan fingerprint density at radius 3 is 2.56 bits per heavy atom. The van der Waals surface area contributed by atoms with Gasteiger partial charge >= 0.3 is 5.97 Å². The van der Waals surface area contributed by atoms with Crippen LogP contribution < -0.4 is 4.74 Å². The number of hydrogen-bond acceptors (Lipinski definition) is 3. The molecule has 0 aromatic heterocycles. The topological polar surface area (TPSA) is 35.5 Å². The van der Waals surface area contributed by atoms with Crippen LogP contribution in [0.2, 0.25) is 0 Å². The SMILES string of the molecule is COc1c(F)cc2ccccc2c1C(=O)OCCCCCCC(C)C. The van der Waals surface area contributed by atoms with Crippen molar-refractivity contribution in [3.8, 4) is 5.75 Å². The Balaban J connectivity index is 1.99. The van der Waals surface area contributed by atoms with Gasteiger partial charge in [0, 0.05) is 5.39 Å². The second-order valence-corrected chi connectivity index (χ2v) is 6.72. The molecule has 0 aliphatic rings. The maximum atomic E-state index is 14.2. The van der Waals surface area contributed by atoms with Crippen molar-refractivity contribution in [3.63, 3.8) is 0 Å². The monoisotopic (exact) mass is 346 g/mol. The first kappa shape index (κ1) is 19.2. The Hall–Kier alpha value is -2.10. The molecule has 0 bridgehead atoms. The van der Waals surface area contributed by atoms with Crippen molar-refractivity contribution in [2.75, 3.05) is 13.7 Å². The summed E-state index contributed by atoms with van der Waals surface area (Å²) < 4.78 is 24.7. The van der Waals surface area contributed by atoms with Gasteiger partial charge < -0.3 is 9.47 Å². The standard InChI is InChI=1S/C21H27FO3/c1-15(2)10-6-4-5-9-13-25-21(23)19-17-12-8-7-11-16(17)14-18(22)20(19)24-3/h7-8,11-12,14-15H,4-6,9-10,13H2,1-3H3. The first-order valence-electron chi connectivity index (χ1n) is 8.97. The molecule has 2 aromatic rings. The highest BCUT2D eigenvalue weighted by molar-refractivity contribution is 6.07. The molecule has 0 N–H and O–H groups in total. The van der Waals surface area contributed by atoms with Gasteiger partial charge in [-0.05, 0) is 23.8 Å². The fourth-order valence-corrected chi connectivity index (χ4v) is 2.94. The van der Waals surface area contributed by atoms with Crippen LogP contribution in [0.25, 0.3) is 10.8 Å². The minimum absolute atomic E-state index is 0.0550. The number of carbonyl (C=O) groups is 1. The zero-order chi connectivity index (χ0) is 18.2. The van der Waals surface area contributed by atoms with Crippen molar-refractivity contribution in [3.05, 3.63) is 41.7 Å². The van der Waals surface area contributed by atoms with Crippen LogP contribution in [-0.2, 0) is 4.74 Å². The summed E-state index contributed by atoms with van der Waals surface area (Å²) in [6.07, 6.45) is 5.42. The molecule has 0 saturated carbocycles. The third-order valence-corrected chi connectivity index (χ3v) is 4.27. The Bertz CT molecular complexity index is 710. The second-order valence-electron chi connectivity index (χ2n) is 6.72. The molecular weight excluding hydrogens is 319 g/mol. The summed E-state index contributed by atoms with van der Waals surface area (Å²) in [6.45, 7) is 4.78. The van der Waals surface area contributed by atoms with Crippen LogP contribution >= 0.6 is 0 Å². The van der Waals surface area contributed by atoms with E-state index < -0.39 is 11.8 Å². The molecule has 0 amide bonds. The molecule has 4 heteroatoms. The molecule has 0 radical (unpaired) electrons. The number of esters is 1. The largest absolute Gasteiger partial charge is 0.493 e. The molecule has 0 aliphatic heterocycles. The van der Waals surface area contributed by atoms with Gasteiger partial charge in [0.05, 0.1) is 13.7 Å². The third-order valence-electron chi connectivity index (χ3n) is 4.27. The number of benzene rings is 2. The van der Waals surface area contributed by atoms with E-state index >= 15 is 0 Å². The number of unbranched alkanes of at least 4 members (excludes halogenated alkanes) is 3. The van der Waals surface area contributed by atoms with Crippen LogP contribution in [0.5, 0.6) is 5.75 Å². The van der Waals surface area contributed by atoms with Crippen molar-refractivity contribution in [2.24, 2.45) is 5.92 Å². The van der Waals surface area contributed by atoms with Gasteiger partial charge in [-0.1, -0.05) is 63.8 Å². The van der Waals surface area contributed by atoms with E-state index in [1.54, 1.807) is 18.2 Å². The van der Waals surface area contributed by atoms with E-state index in [0.717, 1.165) is 25.2 Å². The van der Waals surface area contributed by atoms with Crippen molar-refractivity contribution in [2.45, 2.75) is 46.0 Å². The molecule has 0 atom stereocenters. The Morgan fingerprint density at radius 1 is 1.12 bits per heavy atom. The van der Waals surface area contributed by atoms with Gasteiger partial charge in [-0.15, -0.1) is 0 Å². The van der Waals surface area contributed by atoms with Crippen LogP contribution in [-0.4, -0.2) is 19.7 Å². The number of methoxy groups -OCH3 is 1. The summed E-state index contributed by atoms with van der Waals surface area (Å²) in [5.74, 6) is -0.413. The summed E-state index contributed by atoms with van der Waals surface area (Å²) in [6, 6.07) is 8.54. The van der Waals surface area contributed by atoms with Crippen LogP contribution in [0, 0.1) is 11.7 Å². The van der Waals surface area contributed by atoms with Crippen LogP contribution in [0.15, 0.2) is 30.3 Å². The van der Waals surface area contributed by atoms with Gasteiger partial charge in [0.15, 0.2) is 11.6 Å². The molecule has 2 aromatic carbocycles. The molecule has 3 nitrogen and oxygen atoms in total. The highest BCUT2D eigenvalue weighted by Gasteiger charge is 2.21. The molecule has 136 valence electrons. The first-order chi connectivity index (χ1) is 12.0. The molecule has 0 fully saturated rings. The van der Waals surface area contributed by atoms with Gasteiger partial charge in [-0.2, -0.15) is 0 Å². The number of fused-ring (bicyclic) bond motifs is 1. The van der Waals surface area contributed by atoms with Crippen molar-refractivity contribution < 1.29 is 18.7 Å². The molecule has 2 rings (SSSR count). The summed E-state index contributed by atoms with van der Waals surface area (Å²) in [4.78, 5) is 12.5. The van der Waals surface area contributed by atoms with E-state index in [0.29, 0.717) is 17.4 Å². The maximum absolute atomic E-state index is 14.2. The molecule has 25 heavy (non-hydrogen) atoms. The lowest BCUT2D eigenvalue weighted by Crippen LogP contribution is -2.10. The average molecular weight is 346 g/mol. The molecule has 0 heterocycles. The number of ether oxygens (including phenoxy) is 2. The highest BCUT2D eigenvalue weighted by Crippen LogP contribution is 2.31. The Labute approximate surface area is 149 Å². The number of carbonyl (C=O) groups excluding carboxylic acids is 1. The van der Waals surface area contributed by atoms with Gasteiger partial charge in [0.1, 0.15) is 5.56 Å². The predicted octanol–water partition coefficient (Wildman–Crippen LogP) is 5.75. The van der Waals surface area contributed by atoms with Gasteiger partial charge in [-0.3, -0.25) is 0 Å². The Morgan fingerprint density at radius 2 is 1.84 bits per heavy atom. The van der Waals surface area contributed by atoms with E-state index in [-0.39, 0.29) is 11.3 Å². The minimum Gasteiger partial charge on any atom is -0.493 e. The molecule has 0 spiro atoms. The van der Waals surface area contributed by atoms with Crippen LogP contribution in [0.1, 0.15) is 56.3 Å². The fourth-order valence-electron chi connectivity index (χ4n) is 2.94. The van der Waals surface area contributed by atoms with E-state index in [4.69, 9.17) is 9.47 Å². The molecular formula is C21H27FO3. The smallest absolute Gasteiger partial charge is 0.342 e. The lowest BCUT2D eigenvalue weighted by atomic mass is 10.0. The summed E-state index contributed by atoms with van der Waals surface area (Å²) in [7, 11) is 1.36. The van der Waals surface area contributed by atoms with Crippen molar-refractivity contribution in [1.82, 2.24) is 0 Å². The third kappa shape index (κ3) is 5.18. The van der Waals surface area contributed by atoms with E-state index in [9.17, 15) is 9.18 Å². The average Bonchev–Trinajstić information content (AvgIpc) is 2.59. The van der Waals surface area contributed by atoms with Crippen LogP contribution in [0.3, 0.4) is 0 Å². The van der Waals surface area contributed by atoms with Crippen molar-refractivity contribution in [1.29, 1.82) is 0 Å². The fraction of sp³-hybridized carbons (Fsp3) is 0.476. The lowest BCUT2D eigenvalue weighted by molar-refractivity contribution is 0.0495. The second kappa shape index (κ2) is 9.40. The Kier molecular flexibility index (Phi) is 7.23. The molecule has 0 saturated heterocycles. The highest BCUT2D eigenvalue weighted by atomic mass is 19.1. The number of rotatable bonds is 9. The zero-order valence-electron chi connectivity index (χ0n) is 15.3. The summed E-state index contributed by atoms with van der Waals surface area (Å²) in [5.41, 5.74) is 0.165. The predicted molar refractivity (Wildman–Crippen MR) is 98.7 cm³/mol. The van der Waals surface area contributed by atoms with Gasteiger partial charge in [0.2, 0.25) is 0 Å². The molecule has 0 unspecified atom stereocenters. The van der Waals surface area contributed by atoms with Crippen molar-refractivity contribution >= 4 is 16.7 Å². The quantitative estimate of drug-likeness (QED) is 0.428. The minimum atomic E-state index is -0.554. The summed E-state index contributed by atoms with van der Waals surface area (Å²) in [5, 5.41) is 1.30. The zero-order valence-corrected chi connectivity index (χ0v) is 15.3. The van der Waals surface area contributed by atoms with Gasteiger partial charge in [0.25, 0.3) is 0 Å². The van der Waals surface area contributed by atoms with Gasteiger partial charge in [-0.25, -0.2) is 9.18 Å². The van der Waals surface area contributed by atoms with E-state index in [1.165, 1.54) is 26.0 Å². The van der Waals surface area contributed by atoms with E-state index in [1.807, 2.05) is 6.07 Å². The summed E-state index contributed by atoms with van der Waals surface area (Å²) >= 11 is 0. The molecule has 0 aliphatic carbocycles. The first-order valence-corrected chi connectivity index (χ1v) is 8.97. The lowest BCUT2D eigenvalue weighted by Gasteiger charge is -2.13. The van der Waals surface area contributed by atoms with Crippen LogP contribution in [0.4, 0.5) is 4.39 Å². The number of hydrogen-bond donors (Lipinski definition) is 0.